The number of aromatic nitrogens is 2. The molecule has 1 atom stereocenters. The van der Waals surface area contributed by atoms with Crippen LogP contribution in [0, 0.1) is 0 Å². The van der Waals surface area contributed by atoms with Gasteiger partial charge in [0.2, 0.25) is 0 Å². The van der Waals surface area contributed by atoms with Gasteiger partial charge in [0.25, 0.3) is 0 Å². The first-order valence-electron chi connectivity index (χ1n) is 12.5. The fourth-order valence-corrected chi connectivity index (χ4v) is 4.57. The average Bonchev–Trinajstić information content (AvgIpc) is 3.30. The van der Waals surface area contributed by atoms with Gasteiger partial charge in [0.05, 0.1) is 30.2 Å². The zero-order valence-corrected chi connectivity index (χ0v) is 21.0. The van der Waals surface area contributed by atoms with Crippen LogP contribution in [0.1, 0.15) is 29.4 Å². The van der Waals surface area contributed by atoms with E-state index in [0.29, 0.717) is 19.8 Å². The maximum absolute atomic E-state index is 9.18. The lowest BCUT2D eigenvalue weighted by Crippen LogP contribution is -2.34. The fourth-order valence-electron chi connectivity index (χ4n) is 4.57. The van der Waals surface area contributed by atoms with Crippen LogP contribution in [0.15, 0.2) is 64.7 Å². The van der Waals surface area contributed by atoms with Gasteiger partial charge in [-0.2, -0.15) is 0 Å². The Kier molecular flexibility index (Phi) is 9.52. The molecule has 0 saturated carbocycles. The van der Waals surface area contributed by atoms with E-state index in [4.69, 9.17) is 14.7 Å². The Bertz CT molecular complexity index is 1180. The van der Waals surface area contributed by atoms with Crippen LogP contribution in [0.4, 0.5) is 0 Å². The molecule has 0 saturated heterocycles. The van der Waals surface area contributed by atoms with Crippen molar-refractivity contribution in [2.75, 3.05) is 53.0 Å². The molecule has 0 amide bonds. The van der Waals surface area contributed by atoms with E-state index in [1.54, 1.807) is 6.20 Å². The van der Waals surface area contributed by atoms with Gasteiger partial charge in [-0.3, -0.25) is 9.98 Å². The van der Waals surface area contributed by atoms with Crippen molar-refractivity contribution in [1.29, 1.82) is 0 Å². The average molecular weight is 489 g/mol. The molecule has 0 spiro atoms. The van der Waals surface area contributed by atoms with Gasteiger partial charge < -0.3 is 24.6 Å². The van der Waals surface area contributed by atoms with E-state index >= 15 is 0 Å². The molecule has 3 aromatic rings. The number of rotatable bonds is 13. The number of benzene rings is 2. The van der Waals surface area contributed by atoms with Crippen molar-refractivity contribution < 1.29 is 9.84 Å². The van der Waals surface area contributed by atoms with Gasteiger partial charge >= 0.3 is 0 Å². The largest absolute Gasteiger partial charge is 0.396 e. The minimum Gasteiger partial charge on any atom is -0.396 e. The molecule has 0 aliphatic carbocycles. The smallest absolute Gasteiger partial charge is 0.136 e. The van der Waals surface area contributed by atoms with E-state index in [0.717, 1.165) is 60.6 Å². The quantitative estimate of drug-likeness (QED) is 0.361. The van der Waals surface area contributed by atoms with Crippen molar-refractivity contribution >= 4 is 29.5 Å². The summed E-state index contributed by atoms with van der Waals surface area (Å²) in [6, 6.07) is 16.8. The van der Waals surface area contributed by atoms with Crippen molar-refractivity contribution in [1.82, 2.24) is 19.8 Å². The van der Waals surface area contributed by atoms with Crippen molar-refractivity contribution in [3.05, 3.63) is 71.7 Å². The number of aliphatic hydroxyl groups is 1. The van der Waals surface area contributed by atoms with E-state index in [-0.39, 0.29) is 12.6 Å². The zero-order chi connectivity index (χ0) is 25.2. The Morgan fingerprint density at radius 1 is 1.25 bits per heavy atom. The van der Waals surface area contributed by atoms with Gasteiger partial charge in [0.15, 0.2) is 0 Å². The molecule has 36 heavy (non-hydrogen) atoms. The van der Waals surface area contributed by atoms with Crippen LogP contribution >= 0.6 is 0 Å². The molecule has 2 N–H and O–H groups in total. The summed E-state index contributed by atoms with van der Waals surface area (Å²) >= 11 is 0. The van der Waals surface area contributed by atoms with Gasteiger partial charge in [-0.25, -0.2) is 4.98 Å². The summed E-state index contributed by atoms with van der Waals surface area (Å²) in [7, 11) is 1.95. The molecule has 0 bridgehead atoms. The van der Waals surface area contributed by atoms with E-state index in [1.807, 2.05) is 19.3 Å². The number of aliphatic hydroxyl groups excluding tert-OH is 1. The molecule has 0 unspecified atom stereocenters. The number of fused-ring (bicyclic) bond motifs is 3. The maximum Gasteiger partial charge on any atom is 0.136 e. The monoisotopic (exact) mass is 488 g/mol. The first kappa shape index (κ1) is 25.9. The van der Waals surface area contributed by atoms with Crippen molar-refractivity contribution in [2.45, 2.75) is 19.1 Å². The highest BCUT2D eigenvalue weighted by atomic mass is 16.5. The zero-order valence-electron chi connectivity index (χ0n) is 21.0. The third-order valence-electron chi connectivity index (χ3n) is 6.42. The normalized spacial score (nSPS) is 16.2. The molecular weight excluding hydrogens is 452 g/mol. The van der Waals surface area contributed by atoms with Gasteiger partial charge in [0, 0.05) is 50.8 Å². The molecule has 0 radical (unpaired) electrons. The van der Waals surface area contributed by atoms with E-state index in [9.17, 15) is 5.11 Å². The molecule has 190 valence electrons. The summed E-state index contributed by atoms with van der Waals surface area (Å²) < 4.78 is 8.18. The second kappa shape index (κ2) is 13.2. The van der Waals surface area contributed by atoms with Crippen molar-refractivity contribution in [3.63, 3.8) is 0 Å². The Morgan fingerprint density at radius 2 is 2.11 bits per heavy atom. The summed E-state index contributed by atoms with van der Waals surface area (Å²) in [6.07, 6.45) is 4.40. The summed E-state index contributed by atoms with van der Waals surface area (Å²) in [5.41, 5.74) is 5.16. The number of ether oxygens (including phenoxy) is 1. The number of likely N-dealkylation sites (N-methyl/N-ethyl adjacent to an activating group) is 1. The van der Waals surface area contributed by atoms with Crippen LogP contribution in [0.5, 0.6) is 0 Å². The van der Waals surface area contributed by atoms with E-state index in [1.165, 1.54) is 5.56 Å². The molecule has 8 heteroatoms. The van der Waals surface area contributed by atoms with E-state index < -0.39 is 0 Å². The molecule has 4 rings (SSSR count). The summed E-state index contributed by atoms with van der Waals surface area (Å²) in [5, 5.41) is 12.4. The number of nitrogens with one attached hydrogen (secondary N) is 1. The molecule has 2 heterocycles. The van der Waals surface area contributed by atoms with Crippen LogP contribution in [0.2, 0.25) is 0 Å². The highest BCUT2D eigenvalue weighted by Crippen LogP contribution is 2.31. The molecular formula is C28H36N6O2. The molecule has 0 fully saturated rings. The lowest BCUT2D eigenvalue weighted by Gasteiger charge is -2.26. The van der Waals surface area contributed by atoms with Gasteiger partial charge in [-0.1, -0.05) is 36.4 Å². The lowest BCUT2D eigenvalue weighted by molar-refractivity contribution is 0.0679. The highest BCUT2D eigenvalue weighted by Gasteiger charge is 2.25. The third kappa shape index (κ3) is 6.33. The van der Waals surface area contributed by atoms with Crippen molar-refractivity contribution in [2.24, 2.45) is 9.98 Å². The Balaban J connectivity index is 1.55. The molecule has 8 nitrogen and oxygen atoms in total. The Hall–Kier alpha value is -3.17. The number of allylic oxidation sites excluding steroid dienone is 1. The van der Waals surface area contributed by atoms with Crippen molar-refractivity contribution in [3.8, 4) is 0 Å². The number of imidazole rings is 1. The predicted octanol–water partition coefficient (Wildman–Crippen LogP) is 3.17. The second-order valence-corrected chi connectivity index (χ2v) is 8.87. The Labute approximate surface area is 213 Å². The lowest BCUT2D eigenvalue weighted by atomic mass is 10.0. The predicted molar refractivity (Wildman–Crippen MR) is 147 cm³/mol. The number of nitrogens with zero attached hydrogens (tertiary/aromatic N) is 5. The standard InChI is InChI=1S/C28H36N6O2/c1-29-11-14-33(13-6-16-35)15-12-31-19-24(18-30-2)23-9-10-25-26(17-23)34-27(20-36-21-28(34)32-25)22-7-4-3-5-8-22/h3-5,7-10,17-19,27,29,35H,2,6,11-16,20-21H2,1H3/b24-18+,31-19?/t27-/m1/s1. The van der Waals surface area contributed by atoms with Crippen LogP contribution in [0.25, 0.3) is 16.6 Å². The minimum absolute atomic E-state index is 0.0799. The topological polar surface area (TPSA) is 87.3 Å². The third-order valence-corrected chi connectivity index (χ3v) is 6.42. The summed E-state index contributed by atoms with van der Waals surface area (Å²) in [4.78, 5) is 15.9. The van der Waals surface area contributed by atoms with Gasteiger partial charge in [-0.15, -0.1) is 0 Å². The second-order valence-electron chi connectivity index (χ2n) is 8.87. The minimum atomic E-state index is 0.0799. The summed E-state index contributed by atoms with van der Waals surface area (Å²) in [6.45, 7) is 9.19. The van der Waals surface area contributed by atoms with E-state index in [2.05, 4.69) is 69.0 Å². The number of hydrogen-bond acceptors (Lipinski definition) is 7. The maximum atomic E-state index is 9.18. The molecule has 1 aliphatic heterocycles. The van der Waals surface area contributed by atoms with Gasteiger partial charge in [0.1, 0.15) is 12.4 Å². The van der Waals surface area contributed by atoms with Crippen LogP contribution in [-0.4, -0.2) is 85.5 Å². The van der Waals surface area contributed by atoms with Gasteiger partial charge in [-0.05, 0) is 43.4 Å². The number of hydrogen-bond donors (Lipinski definition) is 2. The molecule has 1 aliphatic rings. The first-order chi connectivity index (χ1) is 17.7. The molecule has 1 aromatic heterocycles. The van der Waals surface area contributed by atoms with Crippen LogP contribution in [0.3, 0.4) is 0 Å². The first-order valence-corrected chi connectivity index (χ1v) is 12.5. The molecule has 2 aromatic carbocycles. The van der Waals surface area contributed by atoms with Crippen LogP contribution < -0.4 is 5.32 Å². The SMILES string of the molecule is C=N/C=C(\C=NCCN(CCCO)CCNC)c1ccc2nc3n(c2c1)[C@@H](c1ccccc1)COC3. The number of aliphatic imine (C=N–C) groups is 2. The highest BCUT2D eigenvalue weighted by molar-refractivity contribution is 6.10. The Morgan fingerprint density at radius 3 is 2.89 bits per heavy atom. The fraction of sp³-hybridized carbons (Fsp3) is 0.393. The summed E-state index contributed by atoms with van der Waals surface area (Å²) in [5.74, 6) is 0.938. The van der Waals surface area contributed by atoms with Crippen LogP contribution in [-0.2, 0) is 11.3 Å².